The van der Waals surface area contributed by atoms with Gasteiger partial charge in [-0.3, -0.25) is 0 Å². The van der Waals surface area contributed by atoms with Crippen LogP contribution in [0.4, 0.5) is 0 Å². The van der Waals surface area contributed by atoms with Gasteiger partial charge in [0.15, 0.2) is 5.69 Å². The molecule has 0 radical (unpaired) electrons. The highest BCUT2D eigenvalue weighted by molar-refractivity contribution is 5.85. The van der Waals surface area contributed by atoms with E-state index in [0.717, 1.165) is 18.5 Å². The lowest BCUT2D eigenvalue weighted by Crippen LogP contribution is -2.07. The molecule has 0 aliphatic rings. The van der Waals surface area contributed by atoms with Crippen molar-refractivity contribution in [2.24, 2.45) is 0 Å². The summed E-state index contributed by atoms with van der Waals surface area (Å²) in [6.07, 6.45) is 1.81. The van der Waals surface area contributed by atoms with E-state index < -0.39 is 5.97 Å². The summed E-state index contributed by atoms with van der Waals surface area (Å²) in [5.74, 6) is -0.681. The van der Waals surface area contributed by atoms with Crippen molar-refractivity contribution in [1.29, 1.82) is 0 Å². The molecule has 0 amide bonds. The molecule has 1 aromatic carbocycles. The predicted octanol–water partition coefficient (Wildman–Crippen LogP) is 3.18. The molecule has 5 heteroatoms. The number of carboxylic acids is 1. The third kappa shape index (κ3) is 2.66. The van der Waals surface area contributed by atoms with Crippen LogP contribution in [0, 0.1) is 0 Å². The minimum absolute atomic E-state index is 0.0234. The van der Waals surface area contributed by atoms with E-state index in [1.807, 2.05) is 0 Å². The van der Waals surface area contributed by atoms with Gasteiger partial charge in [-0.1, -0.05) is 19.9 Å². The minimum Gasteiger partial charge on any atom is -0.508 e. The first-order valence-corrected chi connectivity index (χ1v) is 6.69. The minimum atomic E-state index is -1.05. The molecule has 5 nitrogen and oxygen atoms in total. The van der Waals surface area contributed by atoms with Crippen LogP contribution in [0.2, 0.25) is 0 Å². The number of aromatic hydroxyl groups is 1. The number of hydrogen-bond acceptors (Lipinski definition) is 3. The monoisotopic (exact) mass is 274 g/mol. The van der Waals surface area contributed by atoms with Gasteiger partial charge >= 0.3 is 5.97 Å². The molecular formula is C15H18N2O3. The van der Waals surface area contributed by atoms with Crippen molar-refractivity contribution < 1.29 is 15.0 Å². The SMILES string of the molecule is CCC(CC)c1cc(C(=O)O)nn1-c1cccc(O)c1. The van der Waals surface area contributed by atoms with Crippen molar-refractivity contribution in [2.45, 2.75) is 32.6 Å². The van der Waals surface area contributed by atoms with Gasteiger partial charge in [0.1, 0.15) is 5.75 Å². The first-order valence-electron chi connectivity index (χ1n) is 6.69. The Kier molecular flexibility index (Phi) is 4.08. The molecule has 0 fully saturated rings. The number of phenols is 1. The molecule has 20 heavy (non-hydrogen) atoms. The summed E-state index contributed by atoms with van der Waals surface area (Å²) < 4.78 is 1.61. The Hall–Kier alpha value is -2.30. The maximum atomic E-state index is 11.1. The van der Waals surface area contributed by atoms with Crippen LogP contribution in [0.15, 0.2) is 30.3 Å². The summed E-state index contributed by atoms with van der Waals surface area (Å²) in [5.41, 5.74) is 1.55. The molecule has 0 saturated heterocycles. The summed E-state index contributed by atoms with van der Waals surface area (Å²) in [5, 5.41) is 22.8. The van der Waals surface area contributed by atoms with Crippen LogP contribution in [-0.4, -0.2) is 26.0 Å². The maximum Gasteiger partial charge on any atom is 0.356 e. The van der Waals surface area contributed by atoms with Crippen LogP contribution < -0.4 is 0 Å². The van der Waals surface area contributed by atoms with E-state index >= 15 is 0 Å². The fraction of sp³-hybridized carbons (Fsp3) is 0.333. The summed E-state index contributed by atoms with van der Waals surface area (Å²) in [6.45, 7) is 4.13. The molecule has 0 unspecified atom stereocenters. The van der Waals surface area contributed by atoms with E-state index in [9.17, 15) is 9.90 Å². The second-order valence-electron chi connectivity index (χ2n) is 4.70. The van der Waals surface area contributed by atoms with Crippen molar-refractivity contribution in [2.75, 3.05) is 0 Å². The van der Waals surface area contributed by atoms with Gasteiger partial charge in [0.25, 0.3) is 0 Å². The lowest BCUT2D eigenvalue weighted by molar-refractivity contribution is 0.0690. The molecule has 0 saturated carbocycles. The second kappa shape index (κ2) is 5.77. The molecule has 0 bridgehead atoms. The summed E-state index contributed by atoms with van der Waals surface area (Å²) in [7, 11) is 0. The molecular weight excluding hydrogens is 256 g/mol. The molecule has 1 aromatic heterocycles. The van der Waals surface area contributed by atoms with E-state index in [1.165, 1.54) is 0 Å². The van der Waals surface area contributed by atoms with E-state index in [0.29, 0.717) is 5.69 Å². The highest BCUT2D eigenvalue weighted by Gasteiger charge is 2.19. The van der Waals surface area contributed by atoms with Gasteiger partial charge in [-0.2, -0.15) is 5.10 Å². The zero-order valence-corrected chi connectivity index (χ0v) is 11.6. The zero-order chi connectivity index (χ0) is 14.7. The number of hydrogen-bond donors (Lipinski definition) is 2. The average Bonchev–Trinajstić information content (AvgIpc) is 2.85. The van der Waals surface area contributed by atoms with Crippen molar-refractivity contribution >= 4 is 5.97 Å². The van der Waals surface area contributed by atoms with Crippen LogP contribution in [0.1, 0.15) is 48.8 Å². The van der Waals surface area contributed by atoms with Crippen molar-refractivity contribution in [3.05, 3.63) is 41.7 Å². The van der Waals surface area contributed by atoms with Crippen LogP contribution >= 0.6 is 0 Å². The summed E-state index contributed by atoms with van der Waals surface area (Å²) in [6, 6.07) is 8.27. The number of carbonyl (C=O) groups is 1. The lowest BCUT2D eigenvalue weighted by Gasteiger charge is -2.15. The van der Waals surface area contributed by atoms with E-state index in [-0.39, 0.29) is 17.4 Å². The van der Waals surface area contributed by atoms with E-state index in [1.54, 1.807) is 35.0 Å². The Morgan fingerprint density at radius 3 is 2.55 bits per heavy atom. The fourth-order valence-electron chi connectivity index (χ4n) is 2.33. The normalized spacial score (nSPS) is 10.9. The van der Waals surface area contributed by atoms with Crippen LogP contribution in [-0.2, 0) is 0 Å². The van der Waals surface area contributed by atoms with Gasteiger partial charge in [0.05, 0.1) is 5.69 Å². The van der Waals surface area contributed by atoms with Crippen LogP contribution in [0.3, 0.4) is 0 Å². The lowest BCUT2D eigenvalue weighted by atomic mass is 9.99. The Bertz CT molecular complexity index is 615. The Morgan fingerprint density at radius 1 is 1.30 bits per heavy atom. The Morgan fingerprint density at radius 2 is 2.00 bits per heavy atom. The van der Waals surface area contributed by atoms with Crippen molar-refractivity contribution in [1.82, 2.24) is 9.78 Å². The van der Waals surface area contributed by atoms with Gasteiger partial charge in [0, 0.05) is 17.7 Å². The topological polar surface area (TPSA) is 75.3 Å². The van der Waals surface area contributed by atoms with Gasteiger partial charge in [-0.25, -0.2) is 9.48 Å². The zero-order valence-electron chi connectivity index (χ0n) is 11.6. The number of aromatic nitrogens is 2. The van der Waals surface area contributed by atoms with Gasteiger partial charge in [-0.05, 0) is 31.0 Å². The standard InChI is InChI=1S/C15H18N2O3/c1-3-10(4-2)14-9-13(15(19)20)16-17(14)11-6-5-7-12(18)8-11/h5-10,18H,3-4H2,1-2H3,(H,19,20). The summed E-state index contributed by atoms with van der Waals surface area (Å²) >= 11 is 0. The van der Waals surface area contributed by atoms with Crippen LogP contribution in [0.25, 0.3) is 5.69 Å². The molecule has 106 valence electrons. The smallest absolute Gasteiger partial charge is 0.356 e. The molecule has 0 spiro atoms. The number of nitrogens with zero attached hydrogens (tertiary/aromatic N) is 2. The largest absolute Gasteiger partial charge is 0.508 e. The van der Waals surface area contributed by atoms with Crippen molar-refractivity contribution in [3.8, 4) is 11.4 Å². The predicted molar refractivity (Wildman–Crippen MR) is 75.5 cm³/mol. The molecule has 2 aromatic rings. The van der Waals surface area contributed by atoms with Gasteiger partial charge in [0.2, 0.25) is 0 Å². The number of aromatic carboxylic acids is 1. The molecule has 0 aliphatic carbocycles. The third-order valence-electron chi connectivity index (χ3n) is 3.43. The third-order valence-corrected chi connectivity index (χ3v) is 3.43. The highest BCUT2D eigenvalue weighted by atomic mass is 16.4. The van der Waals surface area contributed by atoms with Crippen LogP contribution in [0.5, 0.6) is 5.75 Å². The first-order chi connectivity index (χ1) is 9.56. The quantitative estimate of drug-likeness (QED) is 0.878. The number of benzene rings is 1. The first kappa shape index (κ1) is 14.1. The number of rotatable bonds is 5. The molecule has 2 N–H and O–H groups in total. The van der Waals surface area contributed by atoms with Gasteiger partial charge < -0.3 is 10.2 Å². The molecule has 1 heterocycles. The fourth-order valence-corrected chi connectivity index (χ4v) is 2.33. The second-order valence-corrected chi connectivity index (χ2v) is 4.70. The van der Waals surface area contributed by atoms with E-state index in [2.05, 4.69) is 18.9 Å². The average molecular weight is 274 g/mol. The molecule has 2 rings (SSSR count). The maximum absolute atomic E-state index is 11.1. The molecule has 0 aliphatic heterocycles. The Labute approximate surface area is 117 Å². The Balaban J connectivity index is 2.58. The van der Waals surface area contributed by atoms with Crippen molar-refractivity contribution in [3.63, 3.8) is 0 Å². The van der Waals surface area contributed by atoms with Gasteiger partial charge in [-0.15, -0.1) is 0 Å². The molecule has 0 atom stereocenters. The number of phenolic OH excluding ortho intramolecular Hbond substituents is 1. The number of carboxylic acid groups (broad SMARTS) is 1. The highest BCUT2D eigenvalue weighted by Crippen LogP contribution is 2.27. The summed E-state index contributed by atoms with van der Waals surface area (Å²) in [4.78, 5) is 11.1. The van der Waals surface area contributed by atoms with E-state index in [4.69, 9.17) is 5.11 Å².